The number of hydrogen-bond acceptors (Lipinski definition) is 9. The van der Waals surface area contributed by atoms with Gasteiger partial charge in [-0.1, -0.05) is 6.07 Å². The van der Waals surface area contributed by atoms with Gasteiger partial charge in [0.25, 0.3) is 0 Å². The molecule has 0 aliphatic carbocycles. The van der Waals surface area contributed by atoms with Crippen molar-refractivity contribution in [3.05, 3.63) is 64.1 Å². The normalized spacial score (nSPS) is 23.1. The molecule has 218 valence electrons. The van der Waals surface area contributed by atoms with E-state index in [4.69, 9.17) is 9.72 Å². The molecule has 3 aliphatic rings. The number of nitrogens with zero attached hydrogens (tertiary/aromatic N) is 6. The van der Waals surface area contributed by atoms with E-state index in [0.29, 0.717) is 29.3 Å². The van der Waals surface area contributed by atoms with Crippen molar-refractivity contribution >= 4 is 22.4 Å². The monoisotopic (exact) mass is 558 g/mol. The van der Waals surface area contributed by atoms with Crippen LogP contribution >= 0.6 is 0 Å². The summed E-state index contributed by atoms with van der Waals surface area (Å²) in [5.74, 6) is 1.05. The third kappa shape index (κ3) is 6.23. The SMILES string of the molecule is CN.COC1CCN(CCc2ccc(N3CCN4C(C)CN(c5ccc(C#N)c6[nH]c(=O)ccc56)CC4C3)nc2)C1. The first-order valence-corrected chi connectivity index (χ1v) is 14.6. The second kappa shape index (κ2) is 13.0. The Morgan fingerprint density at radius 3 is 2.61 bits per heavy atom. The van der Waals surface area contributed by atoms with Gasteiger partial charge in [-0.05, 0) is 56.6 Å². The summed E-state index contributed by atoms with van der Waals surface area (Å²) in [4.78, 5) is 29.7. The smallest absolute Gasteiger partial charge is 0.248 e. The van der Waals surface area contributed by atoms with Crippen LogP contribution in [0.5, 0.6) is 0 Å². The first-order valence-electron chi connectivity index (χ1n) is 14.6. The molecule has 0 bridgehead atoms. The second-order valence-corrected chi connectivity index (χ2v) is 11.2. The summed E-state index contributed by atoms with van der Waals surface area (Å²) in [7, 11) is 3.31. The van der Waals surface area contributed by atoms with E-state index in [2.05, 4.69) is 55.4 Å². The van der Waals surface area contributed by atoms with Crippen LogP contribution in [0.3, 0.4) is 0 Å². The van der Waals surface area contributed by atoms with E-state index in [1.807, 2.05) is 24.4 Å². The van der Waals surface area contributed by atoms with E-state index in [0.717, 1.165) is 82.1 Å². The Labute approximate surface area is 242 Å². The topological polar surface area (TPSA) is 118 Å². The number of ether oxygens (including phenoxy) is 1. The number of nitrogens with two attached hydrogens (primary N) is 1. The highest BCUT2D eigenvalue weighted by Crippen LogP contribution is 2.32. The minimum absolute atomic E-state index is 0.188. The standard InChI is InChI=1S/C30H37N7O2.CH5N/c1-21-17-36(27-6-4-23(15-31)30-26(27)5-8-29(38)33-30)19-24-18-35(13-14-37(21)24)28-7-3-22(16-32-28)9-11-34-12-10-25(20-34)39-2;1-2/h3-8,16,21,24-25H,9-14,17-20H2,1-2H3,(H,33,38);2H2,1H3. The molecular weight excluding hydrogens is 516 g/mol. The van der Waals surface area contributed by atoms with Crippen molar-refractivity contribution in [3.63, 3.8) is 0 Å². The summed E-state index contributed by atoms with van der Waals surface area (Å²) in [6.07, 6.45) is 4.56. The van der Waals surface area contributed by atoms with E-state index in [-0.39, 0.29) is 5.56 Å². The zero-order valence-electron chi connectivity index (χ0n) is 24.4. The third-order valence-electron chi connectivity index (χ3n) is 8.76. The number of nitriles is 1. The second-order valence-electron chi connectivity index (χ2n) is 11.2. The van der Waals surface area contributed by atoms with Crippen LogP contribution in [-0.2, 0) is 11.2 Å². The highest BCUT2D eigenvalue weighted by molar-refractivity contribution is 5.95. The van der Waals surface area contributed by atoms with E-state index in [1.165, 1.54) is 12.6 Å². The van der Waals surface area contributed by atoms with Crippen molar-refractivity contribution in [1.82, 2.24) is 19.8 Å². The van der Waals surface area contributed by atoms with Gasteiger partial charge in [-0.3, -0.25) is 9.69 Å². The Bertz CT molecular complexity index is 1420. The Balaban J connectivity index is 0.00000165. The number of H-pyrrole nitrogens is 1. The summed E-state index contributed by atoms with van der Waals surface area (Å²) in [6, 6.07) is 14.6. The largest absolute Gasteiger partial charge is 0.380 e. The molecule has 1 aromatic carbocycles. The van der Waals surface area contributed by atoms with Crippen molar-refractivity contribution in [2.75, 3.05) is 76.3 Å². The summed E-state index contributed by atoms with van der Waals surface area (Å²) < 4.78 is 5.49. The maximum absolute atomic E-state index is 12.0. The van der Waals surface area contributed by atoms with E-state index in [9.17, 15) is 10.1 Å². The van der Waals surface area contributed by atoms with Crippen LogP contribution in [0.4, 0.5) is 11.5 Å². The Kier molecular flexibility index (Phi) is 9.20. The van der Waals surface area contributed by atoms with Crippen molar-refractivity contribution in [2.24, 2.45) is 5.73 Å². The summed E-state index contributed by atoms with van der Waals surface area (Å²) in [6.45, 7) is 10.2. The van der Waals surface area contributed by atoms with Crippen LogP contribution in [0.15, 0.2) is 47.4 Å². The number of nitrogens with one attached hydrogen (secondary N) is 1. The van der Waals surface area contributed by atoms with Gasteiger partial charge in [0.2, 0.25) is 5.56 Å². The third-order valence-corrected chi connectivity index (χ3v) is 8.76. The fraction of sp³-hybridized carbons (Fsp3) is 0.516. The molecule has 0 radical (unpaired) electrons. The van der Waals surface area contributed by atoms with Crippen molar-refractivity contribution in [2.45, 2.75) is 38.0 Å². The van der Waals surface area contributed by atoms with Gasteiger partial charge in [0, 0.05) is 94.9 Å². The van der Waals surface area contributed by atoms with Crippen molar-refractivity contribution < 1.29 is 4.74 Å². The molecule has 3 fully saturated rings. The molecule has 3 unspecified atom stereocenters. The van der Waals surface area contributed by atoms with Gasteiger partial charge in [0.1, 0.15) is 11.9 Å². The molecule has 6 rings (SSSR count). The van der Waals surface area contributed by atoms with E-state index >= 15 is 0 Å². The van der Waals surface area contributed by atoms with Gasteiger partial charge in [-0.15, -0.1) is 0 Å². The van der Waals surface area contributed by atoms with Crippen LogP contribution in [0.2, 0.25) is 0 Å². The molecule has 3 aliphatic heterocycles. The number of methoxy groups -OCH3 is 1. The van der Waals surface area contributed by atoms with Gasteiger partial charge in [0.15, 0.2) is 0 Å². The van der Waals surface area contributed by atoms with Crippen LogP contribution in [0, 0.1) is 11.3 Å². The van der Waals surface area contributed by atoms with Crippen LogP contribution in [0.1, 0.15) is 24.5 Å². The number of likely N-dealkylation sites (tertiary alicyclic amines) is 1. The number of fused-ring (bicyclic) bond motifs is 2. The lowest BCUT2D eigenvalue weighted by Crippen LogP contribution is -2.65. The van der Waals surface area contributed by atoms with Crippen LogP contribution < -0.4 is 21.1 Å². The van der Waals surface area contributed by atoms with E-state index < -0.39 is 0 Å². The minimum Gasteiger partial charge on any atom is -0.380 e. The number of hydrogen-bond donors (Lipinski definition) is 2. The highest BCUT2D eigenvalue weighted by atomic mass is 16.5. The Hall–Kier alpha value is -3.49. The zero-order chi connectivity index (χ0) is 28.9. The molecule has 0 spiro atoms. The molecule has 10 nitrogen and oxygen atoms in total. The highest BCUT2D eigenvalue weighted by Gasteiger charge is 2.37. The molecule has 10 heteroatoms. The summed E-state index contributed by atoms with van der Waals surface area (Å²) in [5.41, 5.74) is 7.78. The van der Waals surface area contributed by atoms with Crippen molar-refractivity contribution in [1.29, 1.82) is 5.26 Å². The molecule has 3 atom stereocenters. The van der Waals surface area contributed by atoms with Crippen LogP contribution in [-0.4, -0.2) is 104 Å². The summed E-state index contributed by atoms with van der Waals surface area (Å²) in [5, 5.41) is 10.5. The lowest BCUT2D eigenvalue weighted by atomic mass is 10.0. The summed E-state index contributed by atoms with van der Waals surface area (Å²) >= 11 is 0. The molecule has 0 saturated carbocycles. The number of aromatic amines is 1. The number of aromatic nitrogens is 2. The molecule has 2 aromatic heterocycles. The lowest BCUT2D eigenvalue weighted by molar-refractivity contribution is 0.108. The number of rotatable bonds is 6. The average molecular weight is 559 g/mol. The van der Waals surface area contributed by atoms with Gasteiger partial charge in [-0.25, -0.2) is 4.98 Å². The Morgan fingerprint density at radius 1 is 1.05 bits per heavy atom. The predicted octanol–water partition coefficient (Wildman–Crippen LogP) is 2.03. The molecule has 3 aromatic rings. The number of benzene rings is 1. The lowest BCUT2D eigenvalue weighted by Gasteiger charge is -2.51. The molecular formula is C31H42N8O2. The maximum Gasteiger partial charge on any atom is 0.248 e. The molecule has 3 N–H and O–H groups in total. The minimum atomic E-state index is -0.188. The first-order chi connectivity index (χ1) is 20.0. The van der Waals surface area contributed by atoms with Gasteiger partial charge in [-0.2, -0.15) is 5.26 Å². The number of piperazine rings is 2. The quantitative estimate of drug-likeness (QED) is 0.469. The van der Waals surface area contributed by atoms with Gasteiger partial charge < -0.3 is 30.2 Å². The molecule has 5 heterocycles. The number of anilines is 2. The number of pyridine rings is 2. The zero-order valence-corrected chi connectivity index (χ0v) is 24.4. The molecule has 41 heavy (non-hydrogen) atoms. The molecule has 3 saturated heterocycles. The molecule has 0 amide bonds. The average Bonchev–Trinajstić information content (AvgIpc) is 3.48. The fourth-order valence-corrected chi connectivity index (χ4v) is 6.61. The Morgan fingerprint density at radius 2 is 1.88 bits per heavy atom. The maximum atomic E-state index is 12.0. The fourth-order valence-electron chi connectivity index (χ4n) is 6.61. The van der Waals surface area contributed by atoms with Gasteiger partial charge >= 0.3 is 0 Å². The first kappa shape index (κ1) is 29.0. The van der Waals surface area contributed by atoms with Crippen molar-refractivity contribution in [3.8, 4) is 6.07 Å². The van der Waals surface area contributed by atoms with E-state index in [1.54, 1.807) is 13.2 Å². The van der Waals surface area contributed by atoms with Crippen LogP contribution in [0.25, 0.3) is 10.9 Å². The van der Waals surface area contributed by atoms with Gasteiger partial charge in [0.05, 0.1) is 17.2 Å². The predicted molar refractivity (Wildman–Crippen MR) is 164 cm³/mol.